The summed E-state index contributed by atoms with van der Waals surface area (Å²) in [5, 5.41) is 11.4. The second kappa shape index (κ2) is 5.85. The van der Waals surface area contributed by atoms with Crippen LogP contribution >= 0.6 is 0 Å². The maximum absolute atomic E-state index is 12.1. The van der Waals surface area contributed by atoms with Crippen molar-refractivity contribution in [2.45, 2.75) is 6.92 Å². The highest BCUT2D eigenvalue weighted by atomic mass is 16.5. The molecule has 5 nitrogen and oxygen atoms in total. The molecule has 0 aliphatic rings. The van der Waals surface area contributed by atoms with Crippen LogP contribution in [0.4, 0.5) is 5.82 Å². The molecule has 1 aromatic carbocycles. The predicted octanol–water partition coefficient (Wildman–Crippen LogP) is 2.52. The zero-order valence-electron chi connectivity index (χ0n) is 11.2. The second-order valence-electron chi connectivity index (χ2n) is 4.15. The van der Waals surface area contributed by atoms with E-state index in [1.165, 1.54) is 7.11 Å². The van der Waals surface area contributed by atoms with E-state index in [1.54, 1.807) is 36.4 Å². The van der Waals surface area contributed by atoms with Gasteiger partial charge in [-0.2, -0.15) is 5.26 Å². The van der Waals surface area contributed by atoms with Gasteiger partial charge in [-0.05, 0) is 43.3 Å². The summed E-state index contributed by atoms with van der Waals surface area (Å²) >= 11 is 0. The fourth-order valence-corrected chi connectivity index (χ4v) is 1.67. The number of hydrogen-bond acceptors (Lipinski definition) is 4. The maximum Gasteiger partial charge on any atom is 0.256 e. The average molecular weight is 267 g/mol. The van der Waals surface area contributed by atoms with Gasteiger partial charge in [0.1, 0.15) is 0 Å². The summed E-state index contributed by atoms with van der Waals surface area (Å²) in [6.07, 6.45) is 0. The van der Waals surface area contributed by atoms with Gasteiger partial charge in [0, 0.05) is 11.3 Å². The van der Waals surface area contributed by atoms with Crippen LogP contribution in [0, 0.1) is 18.3 Å². The van der Waals surface area contributed by atoms with E-state index in [0.717, 1.165) is 5.69 Å². The van der Waals surface area contributed by atoms with Crippen molar-refractivity contribution in [2.24, 2.45) is 0 Å². The topological polar surface area (TPSA) is 75.0 Å². The van der Waals surface area contributed by atoms with Crippen molar-refractivity contribution in [3.05, 3.63) is 53.2 Å². The molecule has 1 amide bonds. The van der Waals surface area contributed by atoms with E-state index >= 15 is 0 Å². The lowest BCUT2D eigenvalue weighted by atomic mass is 10.1. The minimum atomic E-state index is -0.300. The third-order valence-corrected chi connectivity index (χ3v) is 2.73. The molecule has 0 unspecified atom stereocenters. The number of nitrogens with zero attached hydrogens (tertiary/aromatic N) is 2. The van der Waals surface area contributed by atoms with Crippen molar-refractivity contribution in [2.75, 3.05) is 12.4 Å². The summed E-state index contributed by atoms with van der Waals surface area (Å²) in [6.45, 7) is 1.83. The minimum absolute atomic E-state index is 0.300. The number of nitrogens with one attached hydrogen (secondary N) is 1. The SMILES string of the molecule is COc1ccc(C)nc1NC(=O)c1ccc(C#N)cc1. The van der Waals surface area contributed by atoms with Gasteiger partial charge in [-0.3, -0.25) is 4.79 Å². The molecule has 1 aromatic heterocycles. The first kappa shape index (κ1) is 13.6. The van der Waals surface area contributed by atoms with Crippen molar-refractivity contribution < 1.29 is 9.53 Å². The number of anilines is 1. The first-order valence-electron chi connectivity index (χ1n) is 5.97. The summed E-state index contributed by atoms with van der Waals surface area (Å²) in [4.78, 5) is 16.3. The Morgan fingerprint density at radius 1 is 1.25 bits per heavy atom. The van der Waals surface area contributed by atoms with Gasteiger partial charge >= 0.3 is 0 Å². The largest absolute Gasteiger partial charge is 0.493 e. The number of aromatic nitrogens is 1. The fourth-order valence-electron chi connectivity index (χ4n) is 1.67. The number of rotatable bonds is 3. The van der Waals surface area contributed by atoms with E-state index < -0.39 is 0 Å². The van der Waals surface area contributed by atoms with Crippen LogP contribution < -0.4 is 10.1 Å². The lowest BCUT2D eigenvalue weighted by Crippen LogP contribution is -2.14. The van der Waals surface area contributed by atoms with Crippen molar-refractivity contribution in [3.63, 3.8) is 0 Å². The first-order valence-corrected chi connectivity index (χ1v) is 5.97. The van der Waals surface area contributed by atoms with Crippen molar-refractivity contribution >= 4 is 11.7 Å². The molecule has 0 atom stereocenters. The molecule has 0 aliphatic heterocycles. The molecular formula is C15H13N3O2. The molecule has 0 fully saturated rings. The third-order valence-electron chi connectivity index (χ3n) is 2.73. The van der Waals surface area contributed by atoms with E-state index in [4.69, 9.17) is 10.00 Å². The molecule has 1 heterocycles. The molecule has 1 N–H and O–H groups in total. The predicted molar refractivity (Wildman–Crippen MR) is 74.6 cm³/mol. The van der Waals surface area contributed by atoms with E-state index in [2.05, 4.69) is 10.3 Å². The Kier molecular flexibility index (Phi) is 3.96. The Bertz CT molecular complexity index is 673. The molecule has 2 rings (SSSR count). The highest BCUT2D eigenvalue weighted by Gasteiger charge is 2.11. The smallest absolute Gasteiger partial charge is 0.256 e. The van der Waals surface area contributed by atoms with Crippen LogP contribution in [0.25, 0.3) is 0 Å². The van der Waals surface area contributed by atoms with Crippen LogP contribution in [-0.2, 0) is 0 Å². The molecule has 20 heavy (non-hydrogen) atoms. The summed E-state index contributed by atoms with van der Waals surface area (Å²) in [5.74, 6) is 0.574. The third kappa shape index (κ3) is 2.93. The molecule has 0 radical (unpaired) electrons. The highest BCUT2D eigenvalue weighted by Crippen LogP contribution is 2.22. The van der Waals surface area contributed by atoms with Gasteiger partial charge in [0.15, 0.2) is 11.6 Å². The molecule has 0 bridgehead atoms. The molecular weight excluding hydrogens is 254 g/mol. The number of ether oxygens (including phenoxy) is 1. The van der Waals surface area contributed by atoms with E-state index in [-0.39, 0.29) is 5.91 Å². The minimum Gasteiger partial charge on any atom is -0.493 e. The summed E-state index contributed by atoms with van der Waals surface area (Å²) < 4.78 is 5.15. The number of benzene rings is 1. The van der Waals surface area contributed by atoms with Gasteiger partial charge in [-0.1, -0.05) is 0 Å². The Hall–Kier alpha value is -2.87. The molecule has 0 aliphatic carbocycles. The van der Waals surface area contributed by atoms with Gasteiger partial charge in [-0.15, -0.1) is 0 Å². The second-order valence-corrected chi connectivity index (χ2v) is 4.15. The number of nitriles is 1. The van der Waals surface area contributed by atoms with Crippen LogP contribution in [0.15, 0.2) is 36.4 Å². The monoisotopic (exact) mass is 267 g/mol. The number of carbonyl (C=O) groups is 1. The Morgan fingerprint density at radius 2 is 1.95 bits per heavy atom. The molecule has 0 saturated carbocycles. The quantitative estimate of drug-likeness (QED) is 0.927. The van der Waals surface area contributed by atoms with Gasteiger partial charge in [0.25, 0.3) is 5.91 Å². The number of carbonyl (C=O) groups excluding carboxylic acids is 1. The lowest BCUT2D eigenvalue weighted by Gasteiger charge is -2.09. The van der Waals surface area contributed by atoms with Gasteiger partial charge < -0.3 is 10.1 Å². The van der Waals surface area contributed by atoms with Gasteiger partial charge in [0.2, 0.25) is 0 Å². The number of aryl methyl sites for hydroxylation is 1. The fraction of sp³-hybridized carbons (Fsp3) is 0.133. The number of hydrogen-bond donors (Lipinski definition) is 1. The van der Waals surface area contributed by atoms with Crippen LogP contribution in [0.2, 0.25) is 0 Å². The molecule has 100 valence electrons. The summed E-state index contributed by atoms with van der Waals surface area (Å²) in [7, 11) is 1.52. The average Bonchev–Trinajstić information content (AvgIpc) is 2.47. The lowest BCUT2D eigenvalue weighted by molar-refractivity contribution is 0.102. The van der Waals surface area contributed by atoms with E-state index in [1.807, 2.05) is 13.0 Å². The molecule has 5 heteroatoms. The van der Waals surface area contributed by atoms with Gasteiger partial charge in [-0.25, -0.2) is 4.98 Å². The standard InChI is InChI=1S/C15H13N3O2/c1-10-3-8-13(20-2)14(17-10)18-15(19)12-6-4-11(9-16)5-7-12/h3-8H,1-2H3,(H,17,18,19). The molecule has 0 saturated heterocycles. The normalized spacial score (nSPS) is 9.65. The first-order chi connectivity index (χ1) is 9.63. The van der Waals surface area contributed by atoms with E-state index in [0.29, 0.717) is 22.7 Å². The van der Waals surface area contributed by atoms with Crippen LogP contribution in [0.5, 0.6) is 5.75 Å². The van der Waals surface area contributed by atoms with Crippen LogP contribution in [-0.4, -0.2) is 18.0 Å². The maximum atomic E-state index is 12.1. The highest BCUT2D eigenvalue weighted by molar-refractivity contribution is 6.04. The Balaban J connectivity index is 2.23. The van der Waals surface area contributed by atoms with Gasteiger partial charge in [0.05, 0.1) is 18.7 Å². The zero-order chi connectivity index (χ0) is 14.5. The zero-order valence-corrected chi connectivity index (χ0v) is 11.2. The number of pyridine rings is 1. The van der Waals surface area contributed by atoms with Crippen LogP contribution in [0.1, 0.15) is 21.6 Å². The van der Waals surface area contributed by atoms with Crippen molar-refractivity contribution in [1.82, 2.24) is 4.98 Å². The number of methoxy groups -OCH3 is 1. The summed E-state index contributed by atoms with van der Waals surface area (Å²) in [6, 6.07) is 11.9. The van der Waals surface area contributed by atoms with Crippen LogP contribution in [0.3, 0.4) is 0 Å². The summed E-state index contributed by atoms with van der Waals surface area (Å²) in [5.41, 5.74) is 1.74. The van der Waals surface area contributed by atoms with Crippen molar-refractivity contribution in [3.8, 4) is 11.8 Å². The van der Waals surface area contributed by atoms with E-state index in [9.17, 15) is 4.79 Å². The molecule has 0 spiro atoms. The Labute approximate surface area is 116 Å². The Morgan fingerprint density at radius 3 is 2.55 bits per heavy atom. The molecule has 2 aromatic rings. The van der Waals surface area contributed by atoms with Crippen molar-refractivity contribution in [1.29, 1.82) is 5.26 Å². The number of amides is 1.